The van der Waals surface area contributed by atoms with Crippen LogP contribution in [0.25, 0.3) is 0 Å². The number of rotatable bonds is 13. The maximum absolute atomic E-state index is 12.6. The van der Waals surface area contributed by atoms with E-state index >= 15 is 0 Å². The summed E-state index contributed by atoms with van der Waals surface area (Å²) in [6, 6.07) is 11.4. The Kier molecular flexibility index (Phi) is 11.1. The first-order valence-corrected chi connectivity index (χ1v) is 12.3. The van der Waals surface area contributed by atoms with Crippen molar-refractivity contribution in [2.45, 2.75) is 70.2 Å². The van der Waals surface area contributed by atoms with Crippen molar-refractivity contribution in [3.05, 3.63) is 53.7 Å². The lowest BCUT2D eigenvalue weighted by Crippen LogP contribution is -2.25. The highest BCUT2D eigenvalue weighted by molar-refractivity contribution is 8.00. The molecule has 2 N–H and O–H groups in total. The Balaban J connectivity index is 1.80. The standard InChI is InChI=1S/C25H35N3O2S/c1-4-5-6-7-8-9-16-26-24(30)22-11-10-17-27-25(22)31-18-23(29)28-21-14-12-20(13-15-21)19(2)3/h10-15,17,19H,4-9,16,18H2,1-3H3,(H,26,30)(H,28,29). The number of hydrogen-bond donors (Lipinski definition) is 2. The molecule has 2 aromatic rings. The van der Waals surface area contributed by atoms with E-state index in [1.807, 2.05) is 24.3 Å². The quantitative estimate of drug-likeness (QED) is 0.294. The van der Waals surface area contributed by atoms with E-state index in [1.54, 1.807) is 18.3 Å². The predicted octanol–water partition coefficient (Wildman–Crippen LogP) is 6.03. The number of amides is 2. The number of nitrogens with zero attached hydrogens (tertiary/aromatic N) is 1. The third-order valence-corrected chi connectivity index (χ3v) is 6.04. The Morgan fingerprint density at radius 1 is 1.00 bits per heavy atom. The summed E-state index contributed by atoms with van der Waals surface area (Å²) in [5, 5.41) is 6.46. The number of aromatic nitrogens is 1. The van der Waals surface area contributed by atoms with E-state index in [0.29, 0.717) is 23.1 Å². The Labute approximate surface area is 190 Å². The number of carbonyl (C=O) groups is 2. The molecule has 0 bridgehead atoms. The normalized spacial score (nSPS) is 10.8. The average Bonchev–Trinajstić information content (AvgIpc) is 2.77. The van der Waals surface area contributed by atoms with Gasteiger partial charge in [0.25, 0.3) is 5.91 Å². The van der Waals surface area contributed by atoms with Crippen molar-refractivity contribution < 1.29 is 9.59 Å². The predicted molar refractivity (Wildman–Crippen MR) is 130 cm³/mol. The molecule has 31 heavy (non-hydrogen) atoms. The first kappa shape index (κ1) is 24.9. The summed E-state index contributed by atoms with van der Waals surface area (Å²) in [7, 11) is 0. The van der Waals surface area contributed by atoms with Gasteiger partial charge in [-0.3, -0.25) is 9.59 Å². The van der Waals surface area contributed by atoms with Gasteiger partial charge in [0.2, 0.25) is 5.91 Å². The molecule has 6 heteroatoms. The Morgan fingerprint density at radius 3 is 2.42 bits per heavy atom. The van der Waals surface area contributed by atoms with Crippen LogP contribution >= 0.6 is 11.8 Å². The molecule has 0 saturated carbocycles. The molecule has 0 fully saturated rings. The number of benzene rings is 1. The maximum atomic E-state index is 12.6. The van der Waals surface area contributed by atoms with Crippen molar-refractivity contribution in [1.29, 1.82) is 0 Å². The molecule has 0 aliphatic carbocycles. The second-order valence-corrected chi connectivity index (χ2v) is 8.96. The minimum atomic E-state index is -0.131. The van der Waals surface area contributed by atoms with E-state index < -0.39 is 0 Å². The molecular weight excluding hydrogens is 406 g/mol. The van der Waals surface area contributed by atoms with Crippen molar-refractivity contribution >= 4 is 29.3 Å². The summed E-state index contributed by atoms with van der Waals surface area (Å²) in [5.74, 6) is 0.399. The van der Waals surface area contributed by atoms with Gasteiger partial charge < -0.3 is 10.6 Å². The number of pyridine rings is 1. The summed E-state index contributed by atoms with van der Waals surface area (Å²) in [6.45, 7) is 7.14. The number of nitrogens with one attached hydrogen (secondary N) is 2. The van der Waals surface area contributed by atoms with Gasteiger partial charge in [0.1, 0.15) is 5.03 Å². The molecule has 0 unspecified atom stereocenters. The largest absolute Gasteiger partial charge is 0.352 e. The molecule has 0 saturated heterocycles. The third kappa shape index (κ3) is 9.13. The van der Waals surface area contributed by atoms with Crippen LogP contribution in [0, 0.1) is 0 Å². The molecule has 0 aliphatic rings. The smallest absolute Gasteiger partial charge is 0.254 e. The van der Waals surface area contributed by atoms with Crippen LogP contribution < -0.4 is 10.6 Å². The van der Waals surface area contributed by atoms with E-state index in [1.165, 1.54) is 43.0 Å². The Bertz CT molecular complexity index is 822. The molecule has 0 spiro atoms. The van der Waals surface area contributed by atoms with Gasteiger partial charge in [0, 0.05) is 18.4 Å². The molecule has 0 atom stereocenters. The molecule has 2 amide bonds. The van der Waals surface area contributed by atoms with Crippen LogP contribution in [-0.4, -0.2) is 29.1 Å². The highest BCUT2D eigenvalue weighted by Crippen LogP contribution is 2.21. The average molecular weight is 442 g/mol. The van der Waals surface area contributed by atoms with Crippen LogP contribution in [0.4, 0.5) is 5.69 Å². The highest BCUT2D eigenvalue weighted by atomic mass is 32.2. The van der Waals surface area contributed by atoms with E-state index in [0.717, 1.165) is 18.5 Å². The second kappa shape index (κ2) is 13.9. The van der Waals surface area contributed by atoms with E-state index in [-0.39, 0.29) is 17.6 Å². The van der Waals surface area contributed by atoms with Gasteiger partial charge in [-0.2, -0.15) is 0 Å². The fourth-order valence-electron chi connectivity index (χ4n) is 3.16. The molecule has 0 radical (unpaired) electrons. The second-order valence-electron chi connectivity index (χ2n) is 7.99. The summed E-state index contributed by atoms with van der Waals surface area (Å²) >= 11 is 1.28. The fraction of sp³-hybridized carbons (Fsp3) is 0.480. The van der Waals surface area contributed by atoms with Gasteiger partial charge in [-0.05, 0) is 42.2 Å². The SMILES string of the molecule is CCCCCCCCNC(=O)c1cccnc1SCC(=O)Nc1ccc(C(C)C)cc1. The zero-order valence-corrected chi connectivity index (χ0v) is 19.8. The van der Waals surface area contributed by atoms with Crippen molar-refractivity contribution in [1.82, 2.24) is 10.3 Å². The van der Waals surface area contributed by atoms with Gasteiger partial charge >= 0.3 is 0 Å². The van der Waals surface area contributed by atoms with Gasteiger partial charge in [-0.15, -0.1) is 0 Å². The fourth-order valence-corrected chi connectivity index (χ4v) is 3.96. The molecule has 1 aromatic heterocycles. The van der Waals surface area contributed by atoms with Gasteiger partial charge in [0.05, 0.1) is 11.3 Å². The summed E-state index contributed by atoms with van der Waals surface area (Å²) < 4.78 is 0. The van der Waals surface area contributed by atoms with Gasteiger partial charge in [-0.25, -0.2) is 4.98 Å². The van der Waals surface area contributed by atoms with Crippen molar-refractivity contribution in [2.75, 3.05) is 17.6 Å². The zero-order valence-electron chi connectivity index (χ0n) is 18.9. The van der Waals surface area contributed by atoms with E-state index in [9.17, 15) is 9.59 Å². The van der Waals surface area contributed by atoms with E-state index in [4.69, 9.17) is 0 Å². The summed E-state index contributed by atoms with van der Waals surface area (Å²) in [5.41, 5.74) is 2.53. The molecule has 2 rings (SSSR count). The lowest BCUT2D eigenvalue weighted by Gasteiger charge is -2.10. The van der Waals surface area contributed by atoms with Crippen LogP contribution in [0.5, 0.6) is 0 Å². The third-order valence-electron chi connectivity index (χ3n) is 5.03. The number of unbranched alkanes of at least 4 members (excludes halogenated alkanes) is 5. The van der Waals surface area contributed by atoms with Crippen LogP contribution in [0.3, 0.4) is 0 Å². The molecular formula is C25H35N3O2S. The topological polar surface area (TPSA) is 71.1 Å². The Hall–Kier alpha value is -2.34. The first-order valence-electron chi connectivity index (χ1n) is 11.3. The molecule has 1 heterocycles. The summed E-state index contributed by atoms with van der Waals surface area (Å²) in [6.07, 6.45) is 8.75. The van der Waals surface area contributed by atoms with Gasteiger partial charge in [0.15, 0.2) is 0 Å². The number of carbonyl (C=O) groups excluding carboxylic acids is 2. The Morgan fingerprint density at radius 2 is 1.71 bits per heavy atom. The van der Waals surface area contributed by atoms with Crippen molar-refractivity contribution in [2.24, 2.45) is 0 Å². The molecule has 5 nitrogen and oxygen atoms in total. The number of anilines is 1. The maximum Gasteiger partial charge on any atom is 0.254 e. The minimum Gasteiger partial charge on any atom is -0.352 e. The van der Waals surface area contributed by atoms with Crippen LogP contribution in [0.2, 0.25) is 0 Å². The monoisotopic (exact) mass is 441 g/mol. The van der Waals surface area contributed by atoms with Gasteiger partial charge in [-0.1, -0.05) is 76.8 Å². The van der Waals surface area contributed by atoms with Crippen molar-refractivity contribution in [3.63, 3.8) is 0 Å². The summed E-state index contributed by atoms with van der Waals surface area (Å²) in [4.78, 5) is 29.2. The lowest BCUT2D eigenvalue weighted by molar-refractivity contribution is -0.113. The van der Waals surface area contributed by atoms with E-state index in [2.05, 4.69) is 36.4 Å². The molecule has 168 valence electrons. The van der Waals surface area contributed by atoms with Crippen LogP contribution in [0.1, 0.15) is 81.1 Å². The van der Waals surface area contributed by atoms with Crippen LogP contribution in [0.15, 0.2) is 47.6 Å². The minimum absolute atomic E-state index is 0.119. The van der Waals surface area contributed by atoms with Crippen LogP contribution in [-0.2, 0) is 4.79 Å². The highest BCUT2D eigenvalue weighted by Gasteiger charge is 2.14. The first-order chi connectivity index (χ1) is 15.0. The number of hydrogen-bond acceptors (Lipinski definition) is 4. The molecule has 0 aliphatic heterocycles. The number of thioether (sulfide) groups is 1. The molecule has 1 aromatic carbocycles. The zero-order chi connectivity index (χ0) is 22.5. The lowest BCUT2D eigenvalue weighted by atomic mass is 10.0. The van der Waals surface area contributed by atoms with Crippen molar-refractivity contribution in [3.8, 4) is 0 Å².